The van der Waals surface area contributed by atoms with Gasteiger partial charge in [-0.25, -0.2) is 0 Å². The summed E-state index contributed by atoms with van der Waals surface area (Å²) in [6.45, 7) is 9.38. The van der Waals surface area contributed by atoms with E-state index in [0.29, 0.717) is 0 Å². The number of hydrogen-bond acceptors (Lipinski definition) is 0. The Balaban J connectivity index is 0.000000220. The summed E-state index contributed by atoms with van der Waals surface area (Å²) in [5.74, 6) is 0. The van der Waals surface area contributed by atoms with Crippen LogP contribution in [0.25, 0.3) is 0 Å². The second-order valence-corrected chi connectivity index (χ2v) is 16.0. The van der Waals surface area contributed by atoms with Gasteiger partial charge in [-0.05, 0) is 87.3 Å². The van der Waals surface area contributed by atoms with Gasteiger partial charge in [0.2, 0.25) is 0 Å². The first-order chi connectivity index (χ1) is 19.6. The van der Waals surface area contributed by atoms with Gasteiger partial charge in [-0.2, -0.15) is 13.3 Å². The van der Waals surface area contributed by atoms with Crippen molar-refractivity contribution in [3.8, 4) is 0 Å². The molecule has 4 heteroatoms. The van der Waals surface area contributed by atoms with E-state index in [1.165, 1.54) is 31.8 Å². The van der Waals surface area contributed by atoms with Crippen molar-refractivity contribution in [1.82, 2.24) is 0 Å². The van der Waals surface area contributed by atoms with E-state index in [0.717, 1.165) is 0 Å². The third-order valence-corrected chi connectivity index (χ3v) is 14.3. The maximum atomic E-state index is 4.69. The zero-order valence-electron chi connectivity index (χ0n) is 23.3. The largest absolute Gasteiger partial charge is 1.00 e. The van der Waals surface area contributed by atoms with Crippen LogP contribution >= 0.6 is 14.5 Å². The molecule has 0 heterocycles. The fourth-order valence-corrected chi connectivity index (χ4v) is 10.9. The molecule has 0 bridgehead atoms. The standard InChI is InChI=1S/2C19H17P.Ag.ClH/c2*1-20(17-11-5-2-6-12-17,18-13-7-3-8-14-18)19-15-9-4-10-16-19;;/h2*2-16H,1H2;;1H/q;;+1;/p-1. The van der Waals surface area contributed by atoms with Crippen LogP contribution in [0.3, 0.4) is 0 Å². The molecule has 42 heavy (non-hydrogen) atoms. The van der Waals surface area contributed by atoms with Crippen LogP contribution < -0.4 is 44.2 Å². The summed E-state index contributed by atoms with van der Waals surface area (Å²) in [5, 5.41) is 7.90. The first-order valence-corrected chi connectivity index (χ1v) is 17.4. The van der Waals surface area contributed by atoms with Crippen LogP contribution in [0, 0.1) is 13.3 Å². The SMILES string of the molecule is [Ag+].[CH2-][P+](c1ccccc1)(c1ccccc1)c1ccccc1.[CH2-][P+](c1ccccc1)(c1ccccc1)c1ccccc1.[Cl-]. The molecule has 214 valence electrons. The quantitative estimate of drug-likeness (QED) is 0.137. The summed E-state index contributed by atoms with van der Waals surface area (Å²) in [7, 11) is -3.55. The Labute approximate surface area is 274 Å². The van der Waals surface area contributed by atoms with E-state index in [4.69, 9.17) is 13.3 Å². The molecule has 0 aromatic heterocycles. The van der Waals surface area contributed by atoms with E-state index in [-0.39, 0.29) is 34.8 Å². The molecule has 0 nitrogen and oxygen atoms in total. The monoisotopic (exact) mass is 694 g/mol. The Morgan fingerprint density at radius 1 is 0.262 bits per heavy atom. The van der Waals surface area contributed by atoms with Gasteiger partial charge >= 0.3 is 22.4 Å². The van der Waals surface area contributed by atoms with E-state index in [2.05, 4.69) is 182 Å². The Morgan fingerprint density at radius 2 is 0.381 bits per heavy atom. The fraction of sp³-hybridized carbons (Fsp3) is 0. The number of benzene rings is 6. The summed E-state index contributed by atoms with van der Waals surface area (Å²) < 4.78 is 0. The van der Waals surface area contributed by atoms with Crippen LogP contribution in [0.5, 0.6) is 0 Å². The molecule has 0 spiro atoms. The van der Waals surface area contributed by atoms with Crippen molar-refractivity contribution in [1.29, 1.82) is 0 Å². The Morgan fingerprint density at radius 3 is 0.500 bits per heavy atom. The second-order valence-electron chi connectivity index (χ2n) is 9.63. The first-order valence-electron chi connectivity index (χ1n) is 13.4. The summed E-state index contributed by atoms with van der Waals surface area (Å²) in [4.78, 5) is 0. The minimum atomic E-state index is -1.78. The molecule has 0 saturated heterocycles. The van der Waals surface area contributed by atoms with Crippen molar-refractivity contribution in [3.63, 3.8) is 0 Å². The smallest absolute Gasteiger partial charge is 1.00 e. The Kier molecular flexibility index (Phi) is 13.0. The van der Waals surface area contributed by atoms with Crippen molar-refractivity contribution in [2.45, 2.75) is 0 Å². The second kappa shape index (κ2) is 16.2. The minimum Gasteiger partial charge on any atom is -1.00 e. The van der Waals surface area contributed by atoms with E-state index in [9.17, 15) is 0 Å². The van der Waals surface area contributed by atoms with Crippen molar-refractivity contribution in [2.75, 3.05) is 0 Å². The van der Waals surface area contributed by atoms with Crippen LogP contribution in [0.15, 0.2) is 182 Å². The van der Waals surface area contributed by atoms with E-state index < -0.39 is 14.5 Å². The van der Waals surface area contributed by atoms with Crippen LogP contribution in [-0.2, 0) is 22.4 Å². The molecule has 6 rings (SSSR count). The maximum absolute atomic E-state index is 4.69. The average Bonchev–Trinajstić information content (AvgIpc) is 3.07. The van der Waals surface area contributed by atoms with Gasteiger partial charge in [0.25, 0.3) is 0 Å². The van der Waals surface area contributed by atoms with Gasteiger partial charge < -0.3 is 12.4 Å². The van der Waals surface area contributed by atoms with Gasteiger partial charge in [0, 0.05) is 0 Å². The van der Waals surface area contributed by atoms with Crippen LogP contribution in [0.4, 0.5) is 0 Å². The normalized spacial score (nSPS) is 10.7. The predicted molar refractivity (Wildman–Crippen MR) is 181 cm³/mol. The molecule has 6 aromatic carbocycles. The molecule has 0 radical (unpaired) electrons. The van der Waals surface area contributed by atoms with Crippen LogP contribution in [0.1, 0.15) is 0 Å². The number of rotatable bonds is 6. The molecular weight excluding hydrogens is 662 g/mol. The molecule has 0 aliphatic carbocycles. The third kappa shape index (κ3) is 7.40. The maximum Gasteiger partial charge on any atom is 1.00 e. The molecular formula is C38H34AgClP2. The number of hydrogen-bond donors (Lipinski definition) is 0. The fourth-order valence-electron chi connectivity index (χ4n) is 4.99. The van der Waals surface area contributed by atoms with E-state index in [1.807, 2.05) is 0 Å². The van der Waals surface area contributed by atoms with Crippen LogP contribution in [0.2, 0.25) is 0 Å². The predicted octanol–water partition coefficient (Wildman–Crippen LogP) is 4.55. The van der Waals surface area contributed by atoms with Gasteiger partial charge in [-0.15, -0.1) is 0 Å². The van der Waals surface area contributed by atoms with Gasteiger partial charge in [-0.1, -0.05) is 109 Å². The Bertz CT molecular complexity index is 1260. The van der Waals surface area contributed by atoms with Crippen molar-refractivity contribution in [3.05, 3.63) is 195 Å². The minimum absolute atomic E-state index is 0. The summed E-state index contributed by atoms with van der Waals surface area (Å²) in [5.41, 5.74) is 0. The van der Waals surface area contributed by atoms with Gasteiger partial charge in [0.15, 0.2) is 0 Å². The van der Waals surface area contributed by atoms with Gasteiger partial charge in [-0.3, -0.25) is 0 Å². The van der Waals surface area contributed by atoms with Crippen molar-refractivity contribution >= 4 is 46.4 Å². The number of halogens is 1. The molecule has 6 aromatic rings. The summed E-state index contributed by atoms with van der Waals surface area (Å²) in [6.07, 6.45) is 0. The molecule has 0 amide bonds. The molecule has 0 unspecified atom stereocenters. The third-order valence-electron chi connectivity index (χ3n) is 7.18. The summed E-state index contributed by atoms with van der Waals surface area (Å²) >= 11 is 0. The first kappa shape index (κ1) is 33.7. The van der Waals surface area contributed by atoms with Crippen molar-refractivity contribution in [2.24, 2.45) is 0 Å². The summed E-state index contributed by atoms with van der Waals surface area (Å²) in [6, 6.07) is 63.9. The van der Waals surface area contributed by atoms with Gasteiger partial charge in [0.05, 0.1) is 31.8 Å². The molecule has 0 aliphatic heterocycles. The van der Waals surface area contributed by atoms with Gasteiger partial charge in [0.1, 0.15) is 0 Å². The molecule has 0 aliphatic rings. The molecule has 0 N–H and O–H groups in total. The Hall–Kier alpha value is -2.79. The zero-order chi connectivity index (χ0) is 27.7. The van der Waals surface area contributed by atoms with Crippen molar-refractivity contribution < 1.29 is 34.8 Å². The van der Waals surface area contributed by atoms with Crippen LogP contribution in [-0.4, -0.2) is 0 Å². The van der Waals surface area contributed by atoms with E-state index >= 15 is 0 Å². The topological polar surface area (TPSA) is 0 Å². The molecule has 0 atom stereocenters. The molecule has 0 saturated carbocycles. The zero-order valence-corrected chi connectivity index (χ0v) is 27.3. The average molecular weight is 696 g/mol. The van der Waals surface area contributed by atoms with E-state index in [1.54, 1.807) is 0 Å². The molecule has 0 fully saturated rings.